The number of hydrogen-bond acceptors (Lipinski definition) is 2. The van der Waals surface area contributed by atoms with Crippen LogP contribution in [0.25, 0.3) is 0 Å². The Kier molecular flexibility index (Phi) is 3.82. The van der Waals surface area contributed by atoms with Crippen LogP contribution in [0, 0.1) is 19.7 Å². The van der Waals surface area contributed by atoms with Crippen LogP contribution in [-0.4, -0.2) is 6.29 Å². The first-order valence-corrected chi connectivity index (χ1v) is 6.41. The van der Waals surface area contributed by atoms with Crippen LogP contribution >= 0.6 is 11.8 Å². The Morgan fingerprint density at radius 1 is 1.11 bits per heavy atom. The summed E-state index contributed by atoms with van der Waals surface area (Å²) in [6, 6.07) is 10.5. The summed E-state index contributed by atoms with van der Waals surface area (Å²) in [5, 5.41) is 0. The van der Waals surface area contributed by atoms with Gasteiger partial charge in [0, 0.05) is 15.4 Å². The van der Waals surface area contributed by atoms with Crippen LogP contribution in [-0.2, 0) is 0 Å². The molecule has 2 aromatic rings. The molecule has 0 aromatic heterocycles. The molecular weight excluding hydrogens is 247 g/mol. The molecule has 0 radical (unpaired) electrons. The van der Waals surface area contributed by atoms with Crippen molar-refractivity contribution >= 4 is 18.0 Å². The second kappa shape index (κ2) is 5.36. The summed E-state index contributed by atoms with van der Waals surface area (Å²) in [6.07, 6.45) is 0.662. The van der Waals surface area contributed by atoms with E-state index in [0.29, 0.717) is 11.8 Å². The van der Waals surface area contributed by atoms with Crippen molar-refractivity contribution in [3.8, 4) is 0 Å². The molecule has 0 fully saturated rings. The van der Waals surface area contributed by atoms with Crippen LogP contribution in [0.5, 0.6) is 0 Å². The van der Waals surface area contributed by atoms with E-state index in [-0.39, 0.29) is 5.82 Å². The van der Waals surface area contributed by atoms with Gasteiger partial charge in [-0.1, -0.05) is 29.5 Å². The molecule has 0 unspecified atom stereocenters. The minimum atomic E-state index is -0.383. The molecule has 0 aliphatic rings. The predicted molar refractivity (Wildman–Crippen MR) is 71.8 cm³/mol. The lowest BCUT2D eigenvalue weighted by atomic mass is 10.2. The van der Waals surface area contributed by atoms with E-state index < -0.39 is 0 Å². The molecule has 2 rings (SSSR count). The van der Waals surface area contributed by atoms with E-state index in [9.17, 15) is 9.18 Å². The molecule has 3 heteroatoms. The highest BCUT2D eigenvalue weighted by Gasteiger charge is 2.05. The SMILES string of the molecule is Cc1ccc(Sc2cc(F)cc(C=O)c2)c(C)c1. The Bertz CT molecular complexity index is 593. The van der Waals surface area contributed by atoms with Gasteiger partial charge in [0.25, 0.3) is 0 Å². The van der Waals surface area contributed by atoms with Crippen molar-refractivity contribution in [2.75, 3.05) is 0 Å². The molecule has 92 valence electrons. The molecule has 0 saturated heterocycles. The third-order valence-corrected chi connectivity index (χ3v) is 3.74. The number of halogens is 1. The van der Waals surface area contributed by atoms with Crippen molar-refractivity contribution in [3.63, 3.8) is 0 Å². The van der Waals surface area contributed by atoms with Crippen LogP contribution in [0.3, 0.4) is 0 Å². The maximum Gasteiger partial charge on any atom is 0.150 e. The number of benzene rings is 2. The minimum absolute atomic E-state index is 0.363. The Balaban J connectivity index is 2.33. The molecule has 18 heavy (non-hydrogen) atoms. The summed E-state index contributed by atoms with van der Waals surface area (Å²) < 4.78 is 13.3. The van der Waals surface area contributed by atoms with E-state index in [1.165, 1.54) is 29.5 Å². The lowest BCUT2D eigenvalue weighted by Gasteiger charge is -2.07. The van der Waals surface area contributed by atoms with Crippen LogP contribution < -0.4 is 0 Å². The number of hydrogen-bond donors (Lipinski definition) is 0. The fourth-order valence-electron chi connectivity index (χ4n) is 1.75. The molecule has 0 aliphatic carbocycles. The van der Waals surface area contributed by atoms with E-state index in [2.05, 4.69) is 6.07 Å². The van der Waals surface area contributed by atoms with E-state index >= 15 is 0 Å². The van der Waals surface area contributed by atoms with Gasteiger partial charge in [0.2, 0.25) is 0 Å². The van der Waals surface area contributed by atoms with E-state index in [1.54, 1.807) is 6.07 Å². The smallest absolute Gasteiger partial charge is 0.150 e. The van der Waals surface area contributed by atoms with Gasteiger partial charge in [-0.2, -0.15) is 0 Å². The normalized spacial score (nSPS) is 10.4. The number of rotatable bonds is 3. The monoisotopic (exact) mass is 260 g/mol. The fourth-order valence-corrected chi connectivity index (χ4v) is 2.73. The first-order chi connectivity index (χ1) is 8.58. The Morgan fingerprint density at radius 2 is 1.89 bits per heavy atom. The minimum Gasteiger partial charge on any atom is -0.298 e. The molecule has 0 atom stereocenters. The predicted octanol–water partition coefficient (Wildman–Crippen LogP) is 4.41. The van der Waals surface area contributed by atoms with Gasteiger partial charge in [-0.25, -0.2) is 4.39 Å². The topological polar surface area (TPSA) is 17.1 Å². The summed E-state index contributed by atoms with van der Waals surface area (Å²) in [5.74, 6) is -0.383. The maximum absolute atomic E-state index is 13.3. The van der Waals surface area contributed by atoms with Gasteiger partial charge < -0.3 is 0 Å². The summed E-state index contributed by atoms with van der Waals surface area (Å²) in [6.45, 7) is 4.06. The highest BCUT2D eigenvalue weighted by molar-refractivity contribution is 7.99. The lowest BCUT2D eigenvalue weighted by molar-refractivity contribution is 0.112. The van der Waals surface area contributed by atoms with Crippen molar-refractivity contribution in [1.29, 1.82) is 0 Å². The van der Waals surface area contributed by atoms with Gasteiger partial charge in [0.05, 0.1) is 0 Å². The first-order valence-electron chi connectivity index (χ1n) is 5.59. The lowest BCUT2D eigenvalue weighted by Crippen LogP contribution is -1.86. The van der Waals surface area contributed by atoms with Crippen LogP contribution in [0.2, 0.25) is 0 Å². The van der Waals surface area contributed by atoms with E-state index in [0.717, 1.165) is 15.4 Å². The third kappa shape index (κ3) is 2.99. The van der Waals surface area contributed by atoms with Gasteiger partial charge in [0.15, 0.2) is 0 Å². The molecule has 0 heterocycles. The largest absolute Gasteiger partial charge is 0.298 e. The second-order valence-corrected chi connectivity index (χ2v) is 5.32. The van der Waals surface area contributed by atoms with Crippen molar-refractivity contribution < 1.29 is 9.18 Å². The summed E-state index contributed by atoms with van der Waals surface area (Å²) in [5.41, 5.74) is 2.71. The molecule has 0 aliphatic heterocycles. The van der Waals surface area contributed by atoms with E-state index in [1.807, 2.05) is 26.0 Å². The molecule has 0 N–H and O–H groups in total. The molecule has 2 aromatic carbocycles. The molecule has 0 amide bonds. The standard InChI is InChI=1S/C15H13FOS/c1-10-3-4-15(11(2)5-10)18-14-7-12(9-17)6-13(16)8-14/h3-9H,1-2H3. The number of aryl methyl sites for hydroxylation is 2. The first kappa shape index (κ1) is 12.8. The number of carbonyl (C=O) groups excluding carboxylic acids is 1. The van der Waals surface area contributed by atoms with Crippen molar-refractivity contribution in [2.45, 2.75) is 23.6 Å². The zero-order chi connectivity index (χ0) is 13.1. The van der Waals surface area contributed by atoms with E-state index in [4.69, 9.17) is 0 Å². The molecule has 0 saturated carbocycles. The Labute approximate surface area is 110 Å². The Hall–Kier alpha value is -1.61. The van der Waals surface area contributed by atoms with Gasteiger partial charge in [-0.15, -0.1) is 0 Å². The molecule has 0 spiro atoms. The summed E-state index contributed by atoms with van der Waals surface area (Å²) in [7, 11) is 0. The summed E-state index contributed by atoms with van der Waals surface area (Å²) in [4.78, 5) is 12.5. The van der Waals surface area contributed by atoms with Gasteiger partial charge in [-0.05, 0) is 43.7 Å². The zero-order valence-corrected chi connectivity index (χ0v) is 11.1. The van der Waals surface area contributed by atoms with Crippen molar-refractivity contribution in [1.82, 2.24) is 0 Å². The van der Waals surface area contributed by atoms with Gasteiger partial charge in [-0.3, -0.25) is 4.79 Å². The van der Waals surface area contributed by atoms with Crippen LogP contribution in [0.4, 0.5) is 4.39 Å². The number of aldehydes is 1. The average molecular weight is 260 g/mol. The quantitative estimate of drug-likeness (QED) is 0.760. The second-order valence-electron chi connectivity index (χ2n) is 4.21. The van der Waals surface area contributed by atoms with Gasteiger partial charge >= 0.3 is 0 Å². The van der Waals surface area contributed by atoms with Crippen LogP contribution in [0.1, 0.15) is 21.5 Å². The third-order valence-electron chi connectivity index (χ3n) is 2.59. The van der Waals surface area contributed by atoms with Gasteiger partial charge in [0.1, 0.15) is 12.1 Å². The van der Waals surface area contributed by atoms with Crippen LogP contribution in [0.15, 0.2) is 46.2 Å². The molecule has 1 nitrogen and oxygen atoms in total. The molecular formula is C15H13FOS. The number of carbonyl (C=O) groups is 1. The maximum atomic E-state index is 13.3. The van der Waals surface area contributed by atoms with Crippen molar-refractivity contribution in [2.24, 2.45) is 0 Å². The average Bonchev–Trinajstić information content (AvgIpc) is 2.32. The highest BCUT2D eigenvalue weighted by atomic mass is 32.2. The Morgan fingerprint density at radius 3 is 2.56 bits per heavy atom. The molecule has 0 bridgehead atoms. The van der Waals surface area contributed by atoms with Crippen molar-refractivity contribution in [3.05, 3.63) is 58.9 Å². The zero-order valence-electron chi connectivity index (χ0n) is 10.2. The highest BCUT2D eigenvalue weighted by Crippen LogP contribution is 2.31. The fraction of sp³-hybridized carbons (Fsp3) is 0.133. The summed E-state index contributed by atoms with van der Waals surface area (Å²) >= 11 is 1.47.